The standard InChI is InChI=1S/C25H29ClFN6O3/c1-15(2)12-18-24-23(16(27)13-28-18)30-20(31-24)14-33-19(26)11-10-17(25(33)36)29-21(34)8-6-5-7-9-22(35)32(3)4/h7-11,13,15H,5-6,12,14H2,1-4H3,(H,29,34)(H,30,31)/b9-7+. The molecule has 2 N–H and O–H groups in total. The predicted molar refractivity (Wildman–Crippen MR) is 137 cm³/mol. The maximum atomic E-state index is 14.3. The summed E-state index contributed by atoms with van der Waals surface area (Å²) in [6.45, 7) is 4.02. The van der Waals surface area contributed by atoms with Gasteiger partial charge in [-0.15, -0.1) is 0 Å². The number of halogens is 2. The number of rotatable bonds is 10. The van der Waals surface area contributed by atoms with Crippen molar-refractivity contribution >= 4 is 40.1 Å². The maximum Gasteiger partial charge on any atom is 0.275 e. The zero-order valence-corrected chi connectivity index (χ0v) is 21.4. The number of unbranched alkanes of at least 4 members (excludes halogenated alkanes) is 1. The molecule has 2 amide bonds. The number of imidazole rings is 1. The summed E-state index contributed by atoms with van der Waals surface area (Å²) in [6, 6.07) is 2.91. The van der Waals surface area contributed by atoms with E-state index in [0.29, 0.717) is 42.2 Å². The molecule has 0 saturated carbocycles. The van der Waals surface area contributed by atoms with Gasteiger partial charge in [-0.3, -0.25) is 23.9 Å². The van der Waals surface area contributed by atoms with Gasteiger partial charge in [0.15, 0.2) is 5.82 Å². The number of hydrogen-bond donors (Lipinski definition) is 2. The molecule has 3 aromatic rings. The number of H-pyrrole nitrogens is 1. The van der Waals surface area contributed by atoms with Gasteiger partial charge in [-0.2, -0.15) is 0 Å². The second-order valence-corrected chi connectivity index (χ2v) is 9.31. The average molecular weight is 516 g/mol. The van der Waals surface area contributed by atoms with Gasteiger partial charge in [0.1, 0.15) is 22.2 Å². The molecule has 0 aromatic carbocycles. The highest BCUT2D eigenvalue weighted by atomic mass is 35.5. The Morgan fingerprint density at radius 3 is 2.72 bits per heavy atom. The smallest absolute Gasteiger partial charge is 0.275 e. The number of likely N-dealkylation sites (N-methyl/N-ethyl adjacent to an activating group) is 1. The zero-order valence-electron chi connectivity index (χ0n) is 20.6. The highest BCUT2D eigenvalue weighted by Crippen LogP contribution is 2.21. The average Bonchev–Trinajstić information content (AvgIpc) is 3.25. The maximum absolute atomic E-state index is 14.3. The van der Waals surface area contributed by atoms with E-state index in [1.165, 1.54) is 34.1 Å². The van der Waals surface area contributed by atoms with Crippen LogP contribution >= 0.6 is 11.6 Å². The molecule has 9 nitrogen and oxygen atoms in total. The number of hydrogen-bond acceptors (Lipinski definition) is 5. The van der Waals surface area contributed by atoms with Crippen molar-refractivity contribution < 1.29 is 14.0 Å². The van der Waals surface area contributed by atoms with Gasteiger partial charge >= 0.3 is 0 Å². The third-order valence-corrected chi connectivity index (χ3v) is 5.58. The van der Waals surface area contributed by atoms with E-state index >= 15 is 0 Å². The molecular formula is C25H29ClFN6O3. The molecule has 11 heteroatoms. The van der Waals surface area contributed by atoms with Crippen LogP contribution in [-0.4, -0.2) is 50.3 Å². The van der Waals surface area contributed by atoms with Crippen molar-refractivity contribution in [2.75, 3.05) is 19.4 Å². The van der Waals surface area contributed by atoms with Crippen LogP contribution in [0.4, 0.5) is 10.1 Å². The van der Waals surface area contributed by atoms with E-state index in [-0.39, 0.29) is 28.8 Å². The SMILES string of the molecule is CC(C)Cc1ncc(F)c2nc(Cn3c(Cl)ccc(NC(=O)[CH]CC/C=C/C(=O)N(C)C)c3=O)[nH]c12. The summed E-state index contributed by atoms with van der Waals surface area (Å²) in [7, 11) is 3.30. The van der Waals surface area contributed by atoms with Crippen LogP contribution in [0.5, 0.6) is 0 Å². The van der Waals surface area contributed by atoms with Gasteiger partial charge in [0.05, 0.1) is 30.4 Å². The Kier molecular flexibility index (Phi) is 8.98. The first kappa shape index (κ1) is 27.1. The highest BCUT2D eigenvalue weighted by Gasteiger charge is 2.17. The van der Waals surface area contributed by atoms with Gasteiger partial charge in [0.25, 0.3) is 5.56 Å². The molecular weight excluding hydrogens is 487 g/mol. The number of aromatic amines is 1. The Bertz CT molecular complexity index is 1350. The van der Waals surface area contributed by atoms with Crippen LogP contribution in [0.3, 0.4) is 0 Å². The molecule has 0 spiro atoms. The fourth-order valence-corrected chi connectivity index (χ4v) is 3.66. The number of carbonyl (C=O) groups is 2. The number of fused-ring (bicyclic) bond motifs is 1. The fraction of sp³-hybridized carbons (Fsp3) is 0.360. The van der Waals surface area contributed by atoms with Crippen molar-refractivity contribution in [3.05, 3.63) is 69.7 Å². The second kappa shape index (κ2) is 11.9. The minimum Gasteiger partial charge on any atom is -0.345 e. The third kappa shape index (κ3) is 6.78. The van der Waals surface area contributed by atoms with Crippen molar-refractivity contribution in [3.63, 3.8) is 0 Å². The van der Waals surface area contributed by atoms with Gasteiger partial charge in [-0.1, -0.05) is 31.5 Å². The summed E-state index contributed by atoms with van der Waals surface area (Å²) in [4.78, 5) is 49.8. The number of aromatic nitrogens is 4. The minimum absolute atomic E-state index is 0.0448. The van der Waals surface area contributed by atoms with Crippen molar-refractivity contribution in [1.29, 1.82) is 0 Å². The van der Waals surface area contributed by atoms with Gasteiger partial charge in [0.2, 0.25) is 11.8 Å². The Balaban J connectivity index is 1.72. The monoisotopic (exact) mass is 515 g/mol. The normalized spacial score (nSPS) is 11.5. The van der Waals surface area contributed by atoms with Crippen LogP contribution in [-0.2, 0) is 22.6 Å². The van der Waals surface area contributed by atoms with Gasteiger partial charge in [-0.05, 0) is 43.4 Å². The Morgan fingerprint density at radius 1 is 1.28 bits per heavy atom. The van der Waals surface area contributed by atoms with Crippen molar-refractivity contribution in [2.24, 2.45) is 5.92 Å². The molecule has 3 heterocycles. The molecule has 1 radical (unpaired) electrons. The van der Waals surface area contributed by atoms with Crippen LogP contribution in [0.15, 0.2) is 35.3 Å². The lowest BCUT2D eigenvalue weighted by molar-refractivity contribution is -0.123. The highest BCUT2D eigenvalue weighted by molar-refractivity contribution is 6.29. The second-order valence-electron chi connectivity index (χ2n) is 8.92. The Hall–Kier alpha value is -3.53. The number of carbonyl (C=O) groups excluding carboxylic acids is 2. The number of nitrogens with zero attached hydrogens (tertiary/aromatic N) is 4. The van der Waals surface area contributed by atoms with Crippen molar-refractivity contribution in [3.8, 4) is 0 Å². The summed E-state index contributed by atoms with van der Waals surface area (Å²) in [5.74, 6) is -0.510. The molecule has 0 bridgehead atoms. The summed E-state index contributed by atoms with van der Waals surface area (Å²) < 4.78 is 15.6. The lowest BCUT2D eigenvalue weighted by Gasteiger charge is -2.10. The van der Waals surface area contributed by atoms with Crippen LogP contribution < -0.4 is 10.9 Å². The summed E-state index contributed by atoms with van der Waals surface area (Å²) in [5, 5.41) is 2.70. The number of nitrogens with one attached hydrogen (secondary N) is 2. The predicted octanol–water partition coefficient (Wildman–Crippen LogP) is 3.73. The zero-order chi connectivity index (χ0) is 26.4. The molecule has 0 aliphatic carbocycles. The molecule has 3 rings (SSSR count). The molecule has 0 unspecified atom stereocenters. The number of pyridine rings is 2. The van der Waals surface area contributed by atoms with E-state index in [0.717, 1.165) is 6.20 Å². The summed E-state index contributed by atoms with van der Waals surface area (Å²) in [6.07, 6.45) is 7.19. The minimum atomic E-state index is -0.559. The van der Waals surface area contributed by atoms with Gasteiger partial charge in [-0.25, -0.2) is 9.37 Å². The topological polar surface area (TPSA) is 113 Å². The lowest BCUT2D eigenvalue weighted by Crippen LogP contribution is -2.27. The first-order chi connectivity index (χ1) is 17.1. The molecule has 0 aliphatic heterocycles. The Morgan fingerprint density at radius 2 is 2.03 bits per heavy atom. The van der Waals surface area contributed by atoms with Crippen molar-refractivity contribution in [2.45, 2.75) is 39.7 Å². The molecule has 0 saturated heterocycles. The third-order valence-electron chi connectivity index (χ3n) is 5.25. The van der Waals surface area contributed by atoms with Crippen LogP contribution in [0.25, 0.3) is 11.0 Å². The van der Waals surface area contributed by atoms with Gasteiger partial charge < -0.3 is 15.2 Å². The van der Waals surface area contributed by atoms with Crippen LogP contribution in [0.1, 0.15) is 38.2 Å². The lowest BCUT2D eigenvalue weighted by atomic mass is 10.1. The Labute approximate surface area is 213 Å². The van der Waals surface area contributed by atoms with E-state index in [9.17, 15) is 18.8 Å². The van der Waals surface area contributed by atoms with Crippen LogP contribution in [0, 0.1) is 18.2 Å². The van der Waals surface area contributed by atoms with E-state index in [2.05, 4.69) is 20.3 Å². The van der Waals surface area contributed by atoms with E-state index in [1.54, 1.807) is 20.2 Å². The molecule has 191 valence electrons. The molecule has 0 aliphatic rings. The molecule has 3 aromatic heterocycles. The first-order valence-corrected chi connectivity index (χ1v) is 11.9. The van der Waals surface area contributed by atoms with Gasteiger partial charge in [0, 0.05) is 14.1 Å². The van der Waals surface area contributed by atoms with Crippen LogP contribution in [0.2, 0.25) is 5.15 Å². The summed E-state index contributed by atoms with van der Waals surface area (Å²) >= 11 is 6.26. The quantitative estimate of drug-likeness (QED) is 0.243. The van der Waals surface area contributed by atoms with E-state index < -0.39 is 17.3 Å². The number of allylic oxidation sites excluding steroid dienone is 1. The number of amides is 2. The van der Waals surface area contributed by atoms with E-state index in [4.69, 9.17) is 11.6 Å². The fourth-order valence-electron chi connectivity index (χ4n) is 3.46. The largest absolute Gasteiger partial charge is 0.345 e. The molecule has 36 heavy (non-hydrogen) atoms. The molecule has 0 fully saturated rings. The molecule has 0 atom stereocenters. The van der Waals surface area contributed by atoms with Crippen molar-refractivity contribution in [1.82, 2.24) is 24.4 Å². The first-order valence-electron chi connectivity index (χ1n) is 11.5. The summed E-state index contributed by atoms with van der Waals surface area (Å²) in [5.41, 5.74) is 0.852. The number of anilines is 1. The van der Waals surface area contributed by atoms with E-state index in [1.807, 2.05) is 13.8 Å².